The zero-order valence-electron chi connectivity index (χ0n) is 18.9. The lowest BCUT2D eigenvalue weighted by Gasteiger charge is -2.26. The molecule has 0 aromatic heterocycles. The normalized spacial score (nSPS) is 15.2. The predicted molar refractivity (Wildman–Crippen MR) is 118 cm³/mol. The van der Waals surface area contributed by atoms with Crippen LogP contribution in [-0.4, -0.2) is 50.3 Å². The molecule has 0 atom stereocenters. The second-order valence-electron chi connectivity index (χ2n) is 8.85. The Labute approximate surface area is 174 Å². The van der Waals surface area contributed by atoms with Crippen LogP contribution >= 0.6 is 0 Å². The summed E-state index contributed by atoms with van der Waals surface area (Å²) in [5, 5.41) is 0. The summed E-state index contributed by atoms with van der Waals surface area (Å²) in [6.45, 7) is 9.51. The maximum absolute atomic E-state index is 11.8. The minimum atomic E-state index is -0.0262. The number of hydrogen-bond acceptors (Lipinski definition) is 4. The molecule has 0 amide bonds. The van der Waals surface area contributed by atoms with Crippen LogP contribution in [0.2, 0.25) is 0 Å². The number of hydrogen-bond donors (Lipinski definition) is 0. The van der Waals surface area contributed by atoms with Gasteiger partial charge in [-0.25, -0.2) is 0 Å². The topological polar surface area (TPSA) is 38.8 Å². The number of unbranched alkanes of at least 4 members (excludes halogenated alkanes) is 11. The van der Waals surface area contributed by atoms with Gasteiger partial charge >= 0.3 is 5.97 Å². The van der Waals surface area contributed by atoms with Crippen LogP contribution in [0.3, 0.4) is 0 Å². The number of esters is 1. The highest BCUT2D eigenvalue weighted by atomic mass is 16.5. The molecule has 1 aliphatic rings. The molecule has 0 radical (unpaired) electrons. The van der Waals surface area contributed by atoms with Gasteiger partial charge in [0.15, 0.2) is 0 Å². The Morgan fingerprint density at radius 3 is 1.86 bits per heavy atom. The molecule has 4 heteroatoms. The van der Waals surface area contributed by atoms with Crippen LogP contribution in [0.25, 0.3) is 0 Å². The van der Waals surface area contributed by atoms with E-state index in [1.807, 2.05) is 0 Å². The monoisotopic (exact) mass is 397 g/mol. The van der Waals surface area contributed by atoms with E-state index < -0.39 is 0 Å². The van der Waals surface area contributed by atoms with E-state index in [9.17, 15) is 4.79 Å². The number of ether oxygens (including phenoxy) is 2. The Morgan fingerprint density at radius 1 is 0.821 bits per heavy atom. The SMILES string of the molecule is CC(C)CCCCCCCCCCCCCCC(=O)OCCN1CCOCC1. The fourth-order valence-corrected chi connectivity index (χ4v) is 3.78. The lowest BCUT2D eigenvalue weighted by atomic mass is 10.0. The van der Waals surface area contributed by atoms with Crippen molar-refractivity contribution in [1.29, 1.82) is 0 Å². The van der Waals surface area contributed by atoms with Gasteiger partial charge in [-0.1, -0.05) is 90.9 Å². The first-order chi connectivity index (χ1) is 13.7. The van der Waals surface area contributed by atoms with E-state index >= 15 is 0 Å². The van der Waals surface area contributed by atoms with Crippen LogP contribution in [0.5, 0.6) is 0 Å². The number of nitrogens with zero attached hydrogens (tertiary/aromatic N) is 1. The van der Waals surface area contributed by atoms with Crippen LogP contribution in [-0.2, 0) is 14.3 Å². The highest BCUT2D eigenvalue weighted by Crippen LogP contribution is 2.14. The fraction of sp³-hybridized carbons (Fsp3) is 0.958. The first kappa shape index (κ1) is 25.4. The van der Waals surface area contributed by atoms with Gasteiger partial charge in [0.05, 0.1) is 13.2 Å². The standard InChI is InChI=1S/C24H47NO3/c1-23(2)15-13-11-9-7-5-3-4-6-8-10-12-14-16-24(26)28-22-19-25-17-20-27-21-18-25/h23H,3-22H2,1-2H3. The zero-order valence-corrected chi connectivity index (χ0v) is 18.9. The van der Waals surface area contributed by atoms with Crippen molar-refractivity contribution >= 4 is 5.97 Å². The van der Waals surface area contributed by atoms with E-state index in [0.717, 1.165) is 51.6 Å². The highest BCUT2D eigenvalue weighted by molar-refractivity contribution is 5.69. The smallest absolute Gasteiger partial charge is 0.305 e. The first-order valence-corrected chi connectivity index (χ1v) is 12.1. The van der Waals surface area contributed by atoms with Crippen molar-refractivity contribution in [1.82, 2.24) is 4.90 Å². The van der Waals surface area contributed by atoms with Gasteiger partial charge in [0.25, 0.3) is 0 Å². The Kier molecular flexibility index (Phi) is 16.7. The maximum atomic E-state index is 11.8. The van der Waals surface area contributed by atoms with E-state index in [-0.39, 0.29) is 5.97 Å². The molecule has 0 saturated carbocycles. The van der Waals surface area contributed by atoms with Crippen molar-refractivity contribution in [3.8, 4) is 0 Å². The second kappa shape index (κ2) is 18.4. The van der Waals surface area contributed by atoms with Crippen molar-refractivity contribution in [2.75, 3.05) is 39.5 Å². The predicted octanol–water partition coefficient (Wildman–Crippen LogP) is 5.98. The highest BCUT2D eigenvalue weighted by Gasteiger charge is 2.10. The van der Waals surface area contributed by atoms with E-state index in [1.54, 1.807) is 0 Å². The molecule has 0 N–H and O–H groups in total. The van der Waals surface area contributed by atoms with Gasteiger partial charge in [0.2, 0.25) is 0 Å². The first-order valence-electron chi connectivity index (χ1n) is 12.1. The molecule has 1 heterocycles. The van der Waals surface area contributed by atoms with E-state index in [4.69, 9.17) is 9.47 Å². The van der Waals surface area contributed by atoms with Crippen LogP contribution in [0.15, 0.2) is 0 Å². The Bertz CT molecular complexity index is 354. The second-order valence-corrected chi connectivity index (χ2v) is 8.85. The van der Waals surface area contributed by atoms with Gasteiger partial charge in [-0.3, -0.25) is 9.69 Å². The number of rotatable bonds is 18. The van der Waals surface area contributed by atoms with Crippen LogP contribution in [0, 0.1) is 5.92 Å². The summed E-state index contributed by atoms with van der Waals surface area (Å²) < 4.78 is 10.7. The van der Waals surface area contributed by atoms with Gasteiger partial charge in [-0.15, -0.1) is 0 Å². The molecule has 0 aromatic rings. The largest absolute Gasteiger partial charge is 0.464 e. The zero-order chi connectivity index (χ0) is 20.3. The summed E-state index contributed by atoms with van der Waals surface area (Å²) in [5.41, 5.74) is 0. The fourth-order valence-electron chi connectivity index (χ4n) is 3.78. The van der Waals surface area contributed by atoms with Gasteiger partial charge in [-0.05, 0) is 12.3 Å². The summed E-state index contributed by atoms with van der Waals surface area (Å²) in [5.74, 6) is 0.840. The maximum Gasteiger partial charge on any atom is 0.305 e. The van der Waals surface area contributed by atoms with Crippen LogP contribution < -0.4 is 0 Å². The van der Waals surface area contributed by atoms with Crippen molar-refractivity contribution in [3.63, 3.8) is 0 Å². The average molecular weight is 398 g/mol. The summed E-state index contributed by atoms with van der Waals surface area (Å²) in [6, 6.07) is 0. The summed E-state index contributed by atoms with van der Waals surface area (Å²) in [6.07, 6.45) is 17.9. The molecular formula is C24H47NO3. The average Bonchev–Trinajstić information content (AvgIpc) is 2.69. The molecule has 0 aliphatic carbocycles. The molecule has 28 heavy (non-hydrogen) atoms. The summed E-state index contributed by atoms with van der Waals surface area (Å²) in [4.78, 5) is 14.0. The summed E-state index contributed by atoms with van der Waals surface area (Å²) in [7, 11) is 0. The van der Waals surface area contributed by atoms with E-state index in [2.05, 4.69) is 18.7 Å². The van der Waals surface area contributed by atoms with Crippen molar-refractivity contribution in [2.45, 2.75) is 104 Å². The van der Waals surface area contributed by atoms with Gasteiger partial charge < -0.3 is 9.47 Å². The quantitative estimate of drug-likeness (QED) is 0.211. The third-order valence-corrected chi connectivity index (χ3v) is 5.69. The van der Waals surface area contributed by atoms with Gasteiger partial charge in [-0.2, -0.15) is 0 Å². The van der Waals surface area contributed by atoms with E-state index in [1.165, 1.54) is 70.6 Å². The minimum absolute atomic E-state index is 0.0262. The lowest BCUT2D eigenvalue weighted by molar-refractivity contribution is -0.144. The molecule has 0 aromatic carbocycles. The molecule has 0 spiro atoms. The summed E-state index contributed by atoms with van der Waals surface area (Å²) >= 11 is 0. The van der Waals surface area contributed by atoms with Crippen LogP contribution in [0.4, 0.5) is 0 Å². The molecule has 0 bridgehead atoms. The molecule has 1 saturated heterocycles. The molecule has 1 fully saturated rings. The third kappa shape index (κ3) is 16.4. The number of carbonyl (C=O) groups excluding carboxylic acids is 1. The number of carbonyl (C=O) groups is 1. The third-order valence-electron chi connectivity index (χ3n) is 5.69. The lowest BCUT2D eigenvalue weighted by Crippen LogP contribution is -2.38. The molecule has 1 aliphatic heterocycles. The molecular weight excluding hydrogens is 350 g/mol. The van der Waals surface area contributed by atoms with Crippen LogP contribution in [0.1, 0.15) is 104 Å². The van der Waals surface area contributed by atoms with Crippen molar-refractivity contribution in [3.05, 3.63) is 0 Å². The van der Waals surface area contributed by atoms with Crippen molar-refractivity contribution < 1.29 is 14.3 Å². The van der Waals surface area contributed by atoms with Gasteiger partial charge in [0, 0.05) is 26.1 Å². The Balaban J connectivity index is 1.73. The molecule has 4 nitrogen and oxygen atoms in total. The Morgan fingerprint density at radius 2 is 1.32 bits per heavy atom. The number of morpholine rings is 1. The van der Waals surface area contributed by atoms with Gasteiger partial charge in [0.1, 0.15) is 6.61 Å². The molecule has 166 valence electrons. The Hall–Kier alpha value is -0.610. The van der Waals surface area contributed by atoms with E-state index in [0.29, 0.717) is 13.0 Å². The molecule has 1 rings (SSSR count). The minimum Gasteiger partial charge on any atom is -0.464 e. The van der Waals surface area contributed by atoms with Crippen molar-refractivity contribution in [2.24, 2.45) is 5.92 Å². The molecule has 0 unspecified atom stereocenters.